The lowest BCUT2D eigenvalue weighted by molar-refractivity contribution is -0.150. The molecule has 116 valence electrons. The summed E-state index contributed by atoms with van der Waals surface area (Å²) in [5, 5.41) is 12.5. The Kier molecular flexibility index (Phi) is 6.50. The van der Waals surface area contributed by atoms with Crippen LogP contribution in [0.4, 0.5) is 0 Å². The number of amides is 1. The molecule has 1 fully saturated rings. The van der Waals surface area contributed by atoms with E-state index in [9.17, 15) is 14.7 Å². The van der Waals surface area contributed by atoms with Crippen LogP contribution in [0, 0.1) is 11.8 Å². The summed E-state index contributed by atoms with van der Waals surface area (Å²) in [5.74, 6) is -0.639. The largest absolute Gasteiger partial charge is 0.480 e. The van der Waals surface area contributed by atoms with E-state index >= 15 is 0 Å². The van der Waals surface area contributed by atoms with Gasteiger partial charge in [0.1, 0.15) is 5.54 Å². The normalized spacial score (nSPS) is 27.9. The van der Waals surface area contributed by atoms with Crippen LogP contribution in [0.5, 0.6) is 0 Å². The van der Waals surface area contributed by atoms with Gasteiger partial charge in [-0.05, 0) is 31.6 Å². The Morgan fingerprint density at radius 1 is 1.40 bits per heavy atom. The molecule has 2 N–H and O–H groups in total. The van der Waals surface area contributed by atoms with Gasteiger partial charge >= 0.3 is 5.97 Å². The van der Waals surface area contributed by atoms with Crippen LogP contribution in [0.15, 0.2) is 0 Å². The van der Waals surface area contributed by atoms with Gasteiger partial charge in [-0.1, -0.05) is 46.5 Å². The first-order valence-electron chi connectivity index (χ1n) is 8.00. The van der Waals surface area contributed by atoms with Gasteiger partial charge in [0.15, 0.2) is 0 Å². The predicted molar refractivity (Wildman–Crippen MR) is 79.4 cm³/mol. The molecule has 1 aliphatic rings. The van der Waals surface area contributed by atoms with Crippen molar-refractivity contribution in [1.82, 2.24) is 5.32 Å². The molecule has 0 radical (unpaired) electrons. The highest BCUT2D eigenvalue weighted by Gasteiger charge is 2.43. The van der Waals surface area contributed by atoms with E-state index in [1.807, 2.05) is 6.92 Å². The van der Waals surface area contributed by atoms with Crippen LogP contribution in [0.1, 0.15) is 72.1 Å². The second-order valence-electron chi connectivity index (χ2n) is 6.33. The number of rotatable bonds is 7. The number of aliphatic carboxylic acids is 1. The molecule has 20 heavy (non-hydrogen) atoms. The van der Waals surface area contributed by atoms with Crippen LogP contribution >= 0.6 is 0 Å². The number of carboxylic acid groups (broad SMARTS) is 1. The molecule has 1 rings (SSSR count). The summed E-state index contributed by atoms with van der Waals surface area (Å²) in [5.41, 5.74) is -1.03. The second-order valence-corrected chi connectivity index (χ2v) is 6.33. The zero-order valence-electron chi connectivity index (χ0n) is 13.1. The SMILES string of the molecule is CCCCC(CC)C(=O)NC1(C(=O)O)CCCC(C)C1. The average molecular weight is 283 g/mol. The molecule has 0 heterocycles. The number of carboxylic acids is 1. The summed E-state index contributed by atoms with van der Waals surface area (Å²) in [6.45, 7) is 6.17. The highest BCUT2D eigenvalue weighted by atomic mass is 16.4. The lowest BCUT2D eigenvalue weighted by atomic mass is 9.76. The predicted octanol–water partition coefficient (Wildman–Crippen LogP) is 3.35. The molecule has 1 amide bonds. The van der Waals surface area contributed by atoms with E-state index in [0.717, 1.165) is 38.5 Å². The molecule has 0 aromatic heterocycles. The van der Waals surface area contributed by atoms with Gasteiger partial charge in [-0.3, -0.25) is 4.79 Å². The summed E-state index contributed by atoms with van der Waals surface area (Å²) in [6.07, 6.45) is 6.74. The van der Waals surface area contributed by atoms with Crippen LogP contribution in [-0.4, -0.2) is 22.5 Å². The molecular weight excluding hydrogens is 254 g/mol. The van der Waals surface area contributed by atoms with E-state index in [1.165, 1.54) is 0 Å². The minimum absolute atomic E-state index is 0.0524. The Morgan fingerprint density at radius 3 is 2.60 bits per heavy atom. The van der Waals surface area contributed by atoms with Crippen LogP contribution in [0.3, 0.4) is 0 Å². The molecule has 1 aliphatic carbocycles. The molecular formula is C16H29NO3. The number of carbonyl (C=O) groups excluding carboxylic acids is 1. The standard InChI is InChI=1S/C16H29NO3/c1-4-6-9-13(5-2)14(18)17-16(15(19)20)10-7-8-12(3)11-16/h12-13H,4-11H2,1-3H3,(H,17,18)(H,19,20). The fourth-order valence-electron chi connectivity index (χ4n) is 3.22. The van der Waals surface area contributed by atoms with Crippen LogP contribution in [0.2, 0.25) is 0 Å². The molecule has 0 aromatic carbocycles. The van der Waals surface area contributed by atoms with Gasteiger partial charge in [-0.2, -0.15) is 0 Å². The van der Waals surface area contributed by atoms with Crippen molar-refractivity contribution in [3.63, 3.8) is 0 Å². The second kappa shape index (κ2) is 7.65. The Morgan fingerprint density at radius 2 is 2.10 bits per heavy atom. The first kappa shape index (κ1) is 17.0. The van der Waals surface area contributed by atoms with Crippen molar-refractivity contribution in [2.75, 3.05) is 0 Å². The Balaban J connectivity index is 2.74. The Hall–Kier alpha value is -1.06. The van der Waals surface area contributed by atoms with Crippen molar-refractivity contribution in [2.24, 2.45) is 11.8 Å². The third kappa shape index (κ3) is 4.22. The molecule has 4 heteroatoms. The molecule has 0 aromatic rings. The highest BCUT2D eigenvalue weighted by molar-refractivity contribution is 5.88. The molecule has 0 bridgehead atoms. The average Bonchev–Trinajstić information content (AvgIpc) is 2.39. The fraction of sp³-hybridized carbons (Fsp3) is 0.875. The maximum atomic E-state index is 12.4. The lowest BCUT2D eigenvalue weighted by Crippen LogP contribution is -2.58. The van der Waals surface area contributed by atoms with Crippen LogP contribution in [-0.2, 0) is 9.59 Å². The van der Waals surface area contributed by atoms with Gasteiger partial charge in [-0.25, -0.2) is 4.79 Å². The van der Waals surface area contributed by atoms with Gasteiger partial charge < -0.3 is 10.4 Å². The summed E-state index contributed by atoms with van der Waals surface area (Å²) >= 11 is 0. The number of nitrogens with one attached hydrogen (secondary N) is 1. The van der Waals surface area contributed by atoms with Gasteiger partial charge in [0.05, 0.1) is 0 Å². The van der Waals surface area contributed by atoms with Gasteiger partial charge in [-0.15, -0.1) is 0 Å². The van der Waals surface area contributed by atoms with E-state index in [-0.39, 0.29) is 11.8 Å². The van der Waals surface area contributed by atoms with E-state index in [0.29, 0.717) is 18.8 Å². The van der Waals surface area contributed by atoms with Crippen LogP contribution < -0.4 is 5.32 Å². The number of hydrogen-bond donors (Lipinski definition) is 2. The minimum Gasteiger partial charge on any atom is -0.480 e. The summed E-state index contributed by atoms with van der Waals surface area (Å²) < 4.78 is 0. The lowest BCUT2D eigenvalue weighted by Gasteiger charge is -2.38. The van der Waals surface area contributed by atoms with E-state index in [1.54, 1.807) is 0 Å². The topological polar surface area (TPSA) is 66.4 Å². The quantitative estimate of drug-likeness (QED) is 0.753. The number of unbranched alkanes of at least 4 members (excludes halogenated alkanes) is 1. The molecule has 4 nitrogen and oxygen atoms in total. The molecule has 1 saturated carbocycles. The highest BCUT2D eigenvalue weighted by Crippen LogP contribution is 2.33. The Labute approximate surface area is 122 Å². The fourth-order valence-corrected chi connectivity index (χ4v) is 3.22. The van der Waals surface area contributed by atoms with Crippen molar-refractivity contribution in [3.8, 4) is 0 Å². The molecule has 0 aliphatic heterocycles. The van der Waals surface area contributed by atoms with E-state index in [2.05, 4.69) is 19.2 Å². The monoisotopic (exact) mass is 283 g/mol. The Bertz CT molecular complexity index is 343. The smallest absolute Gasteiger partial charge is 0.329 e. The summed E-state index contributed by atoms with van der Waals surface area (Å²) in [4.78, 5) is 24.1. The summed E-state index contributed by atoms with van der Waals surface area (Å²) in [7, 11) is 0. The van der Waals surface area contributed by atoms with Gasteiger partial charge in [0, 0.05) is 5.92 Å². The molecule has 3 atom stereocenters. The van der Waals surface area contributed by atoms with Crippen molar-refractivity contribution in [2.45, 2.75) is 77.7 Å². The zero-order chi connectivity index (χ0) is 15.2. The first-order valence-corrected chi connectivity index (χ1v) is 8.00. The van der Waals surface area contributed by atoms with Crippen LogP contribution in [0.25, 0.3) is 0 Å². The van der Waals surface area contributed by atoms with Gasteiger partial charge in [0.25, 0.3) is 0 Å². The molecule has 0 spiro atoms. The maximum absolute atomic E-state index is 12.4. The van der Waals surface area contributed by atoms with Crippen molar-refractivity contribution in [1.29, 1.82) is 0 Å². The van der Waals surface area contributed by atoms with Crippen molar-refractivity contribution in [3.05, 3.63) is 0 Å². The number of hydrogen-bond acceptors (Lipinski definition) is 2. The zero-order valence-corrected chi connectivity index (χ0v) is 13.1. The van der Waals surface area contributed by atoms with Crippen molar-refractivity contribution < 1.29 is 14.7 Å². The summed E-state index contributed by atoms with van der Waals surface area (Å²) in [6, 6.07) is 0. The van der Waals surface area contributed by atoms with E-state index in [4.69, 9.17) is 0 Å². The number of carbonyl (C=O) groups is 2. The molecule has 0 saturated heterocycles. The van der Waals surface area contributed by atoms with Gasteiger partial charge in [0.2, 0.25) is 5.91 Å². The van der Waals surface area contributed by atoms with E-state index < -0.39 is 11.5 Å². The maximum Gasteiger partial charge on any atom is 0.329 e. The first-order chi connectivity index (χ1) is 9.45. The third-order valence-corrected chi connectivity index (χ3v) is 4.54. The molecule has 3 unspecified atom stereocenters. The van der Waals surface area contributed by atoms with Crippen molar-refractivity contribution >= 4 is 11.9 Å². The third-order valence-electron chi connectivity index (χ3n) is 4.54. The minimum atomic E-state index is -1.03.